The minimum Gasteiger partial charge on any atom is -0.495 e. The van der Waals surface area contributed by atoms with Crippen LogP contribution >= 0.6 is 0 Å². The van der Waals surface area contributed by atoms with Crippen molar-refractivity contribution in [1.29, 1.82) is 5.26 Å². The van der Waals surface area contributed by atoms with E-state index in [2.05, 4.69) is 10.6 Å². The number of para-hydroxylation sites is 2. The third-order valence-corrected chi connectivity index (χ3v) is 5.03. The Morgan fingerprint density at radius 3 is 2.30 bits per heavy atom. The van der Waals surface area contributed by atoms with Gasteiger partial charge in [-0.3, -0.25) is 9.59 Å². The van der Waals surface area contributed by atoms with Crippen LogP contribution in [0.1, 0.15) is 12.5 Å². The van der Waals surface area contributed by atoms with E-state index in [-0.39, 0.29) is 18.1 Å². The van der Waals surface area contributed by atoms with Crippen molar-refractivity contribution in [2.24, 2.45) is 0 Å². The number of rotatable bonds is 11. The summed E-state index contributed by atoms with van der Waals surface area (Å²) in [4.78, 5) is 25.0. The molecular weight excluding hydrogens is 474 g/mol. The minimum atomic E-state index is -0.557. The summed E-state index contributed by atoms with van der Waals surface area (Å²) in [6.07, 6.45) is 1.44. The number of ether oxygens (including phenoxy) is 4. The van der Waals surface area contributed by atoms with Gasteiger partial charge in [-0.15, -0.1) is 0 Å². The molecule has 3 aromatic carbocycles. The monoisotopic (exact) mass is 501 g/mol. The van der Waals surface area contributed by atoms with Gasteiger partial charge in [0.05, 0.1) is 26.5 Å². The van der Waals surface area contributed by atoms with Gasteiger partial charge in [0, 0.05) is 5.69 Å². The zero-order valence-electron chi connectivity index (χ0n) is 20.7. The van der Waals surface area contributed by atoms with E-state index in [1.165, 1.54) is 20.3 Å². The second-order valence-electron chi connectivity index (χ2n) is 7.53. The quantitative estimate of drug-likeness (QED) is 0.290. The Labute approximate surface area is 215 Å². The number of benzene rings is 3. The average Bonchev–Trinajstić information content (AvgIpc) is 2.92. The summed E-state index contributed by atoms with van der Waals surface area (Å²) in [5.41, 5.74) is 1.50. The number of hydrogen-bond donors (Lipinski definition) is 2. The van der Waals surface area contributed by atoms with E-state index >= 15 is 0 Å². The van der Waals surface area contributed by atoms with E-state index < -0.39 is 5.91 Å². The van der Waals surface area contributed by atoms with E-state index in [0.717, 1.165) is 0 Å². The van der Waals surface area contributed by atoms with Gasteiger partial charge in [0.25, 0.3) is 11.8 Å². The molecule has 190 valence electrons. The maximum atomic E-state index is 12.6. The van der Waals surface area contributed by atoms with Crippen LogP contribution in [0.15, 0.2) is 72.3 Å². The highest BCUT2D eigenvalue weighted by atomic mass is 16.5. The van der Waals surface area contributed by atoms with Crippen molar-refractivity contribution < 1.29 is 28.5 Å². The lowest BCUT2D eigenvalue weighted by Gasteiger charge is -2.13. The summed E-state index contributed by atoms with van der Waals surface area (Å²) in [5, 5.41) is 14.9. The molecular formula is C28H27N3O6. The lowest BCUT2D eigenvalue weighted by Crippen LogP contribution is -2.20. The minimum absolute atomic E-state index is 0.0965. The van der Waals surface area contributed by atoms with E-state index in [9.17, 15) is 14.9 Å². The van der Waals surface area contributed by atoms with Crippen molar-refractivity contribution in [3.05, 3.63) is 77.9 Å². The smallest absolute Gasteiger partial charge is 0.266 e. The lowest BCUT2D eigenvalue weighted by atomic mass is 10.1. The van der Waals surface area contributed by atoms with Gasteiger partial charge in [-0.25, -0.2) is 0 Å². The van der Waals surface area contributed by atoms with Gasteiger partial charge in [0.1, 0.15) is 23.1 Å². The Bertz CT molecular complexity index is 1310. The maximum Gasteiger partial charge on any atom is 0.266 e. The van der Waals surface area contributed by atoms with Crippen LogP contribution in [0.25, 0.3) is 6.08 Å². The molecule has 9 nitrogen and oxygen atoms in total. The summed E-state index contributed by atoms with van der Waals surface area (Å²) < 4.78 is 21.6. The Kier molecular flexibility index (Phi) is 9.51. The molecule has 3 aromatic rings. The Morgan fingerprint density at radius 1 is 0.892 bits per heavy atom. The van der Waals surface area contributed by atoms with Crippen LogP contribution in [0, 0.1) is 11.3 Å². The Balaban J connectivity index is 1.66. The van der Waals surface area contributed by atoms with Crippen molar-refractivity contribution >= 4 is 29.3 Å². The molecule has 0 heterocycles. The number of nitrogens with zero attached hydrogens (tertiary/aromatic N) is 1. The molecule has 0 fully saturated rings. The second kappa shape index (κ2) is 13.2. The number of carbonyl (C=O) groups is 2. The highest BCUT2D eigenvalue weighted by molar-refractivity contribution is 6.09. The highest BCUT2D eigenvalue weighted by Gasteiger charge is 2.13. The first-order chi connectivity index (χ1) is 18.0. The summed E-state index contributed by atoms with van der Waals surface area (Å²) in [5.74, 6) is 0.940. The fourth-order valence-electron chi connectivity index (χ4n) is 3.29. The molecule has 0 saturated carbocycles. The summed E-state index contributed by atoms with van der Waals surface area (Å²) in [6.45, 7) is 2.15. The number of nitrogens with one attached hydrogen (secondary N) is 2. The first-order valence-corrected chi connectivity index (χ1v) is 11.4. The molecule has 0 aromatic heterocycles. The van der Waals surface area contributed by atoms with Crippen molar-refractivity contribution in [2.45, 2.75) is 6.92 Å². The number of nitriles is 1. The first kappa shape index (κ1) is 26.6. The number of methoxy groups -OCH3 is 2. The van der Waals surface area contributed by atoms with Gasteiger partial charge in [0.2, 0.25) is 0 Å². The van der Waals surface area contributed by atoms with Gasteiger partial charge in [-0.1, -0.05) is 18.2 Å². The van der Waals surface area contributed by atoms with Crippen LogP contribution in [-0.2, 0) is 9.59 Å². The molecule has 0 unspecified atom stereocenters. The average molecular weight is 502 g/mol. The van der Waals surface area contributed by atoms with Gasteiger partial charge in [-0.2, -0.15) is 5.26 Å². The predicted octanol–water partition coefficient (Wildman–Crippen LogP) is 4.67. The van der Waals surface area contributed by atoms with Crippen molar-refractivity contribution in [1.82, 2.24) is 0 Å². The van der Waals surface area contributed by atoms with E-state index in [1.807, 2.05) is 13.0 Å². The topological polar surface area (TPSA) is 119 Å². The molecule has 0 atom stereocenters. The Hall–Kier alpha value is -4.97. The molecule has 0 radical (unpaired) electrons. The van der Waals surface area contributed by atoms with Crippen LogP contribution in [0.4, 0.5) is 11.4 Å². The number of anilines is 2. The zero-order chi connectivity index (χ0) is 26.6. The van der Waals surface area contributed by atoms with Crippen LogP contribution < -0.4 is 29.6 Å². The van der Waals surface area contributed by atoms with Crippen LogP contribution in [0.3, 0.4) is 0 Å². The largest absolute Gasteiger partial charge is 0.495 e. The number of carbonyl (C=O) groups excluding carboxylic acids is 2. The van der Waals surface area contributed by atoms with Crippen molar-refractivity contribution in [2.75, 3.05) is 38.1 Å². The highest BCUT2D eigenvalue weighted by Crippen LogP contribution is 2.29. The number of amides is 2. The molecule has 2 N–H and O–H groups in total. The summed E-state index contributed by atoms with van der Waals surface area (Å²) in [6, 6.07) is 20.6. The van der Waals surface area contributed by atoms with Crippen LogP contribution in [0.5, 0.6) is 23.0 Å². The molecule has 0 saturated heterocycles. The molecule has 0 spiro atoms. The van der Waals surface area contributed by atoms with Crippen molar-refractivity contribution in [3.8, 4) is 29.1 Å². The lowest BCUT2D eigenvalue weighted by molar-refractivity contribution is -0.118. The van der Waals surface area contributed by atoms with Gasteiger partial charge in [0.15, 0.2) is 18.1 Å². The fourth-order valence-corrected chi connectivity index (χ4v) is 3.29. The Morgan fingerprint density at radius 2 is 1.62 bits per heavy atom. The molecule has 37 heavy (non-hydrogen) atoms. The summed E-state index contributed by atoms with van der Waals surface area (Å²) >= 11 is 0. The molecule has 0 aliphatic carbocycles. The molecule has 9 heteroatoms. The van der Waals surface area contributed by atoms with Crippen molar-refractivity contribution in [3.63, 3.8) is 0 Å². The normalized spacial score (nSPS) is 10.6. The molecule has 0 bridgehead atoms. The summed E-state index contributed by atoms with van der Waals surface area (Å²) in [7, 11) is 2.97. The van der Waals surface area contributed by atoms with Gasteiger partial charge >= 0.3 is 0 Å². The van der Waals surface area contributed by atoms with Gasteiger partial charge < -0.3 is 29.6 Å². The standard InChI is InChI=1S/C28H27N3O6/c1-4-36-22-12-10-21(11-13-22)30-28(33)20(17-29)15-19-9-14-25(26(16-19)35-3)37-18-27(32)31-23-7-5-6-8-24(23)34-2/h5-16H,4,18H2,1-3H3,(H,30,33)(H,31,32)/b20-15+. The fraction of sp³-hybridized carbons (Fsp3) is 0.179. The molecule has 0 aliphatic rings. The molecule has 2 amide bonds. The van der Waals surface area contributed by atoms with Crippen LogP contribution in [0.2, 0.25) is 0 Å². The van der Waals surface area contributed by atoms with E-state index in [4.69, 9.17) is 18.9 Å². The number of hydrogen-bond acceptors (Lipinski definition) is 7. The van der Waals surface area contributed by atoms with E-state index in [1.54, 1.807) is 66.7 Å². The molecule has 3 rings (SSSR count). The van der Waals surface area contributed by atoms with Gasteiger partial charge in [-0.05, 0) is 67.1 Å². The third-order valence-electron chi connectivity index (χ3n) is 5.03. The maximum absolute atomic E-state index is 12.6. The van der Waals surface area contributed by atoms with E-state index in [0.29, 0.717) is 46.5 Å². The SMILES string of the molecule is CCOc1ccc(NC(=O)/C(C#N)=C/c2ccc(OCC(=O)Nc3ccccc3OC)c(OC)c2)cc1. The zero-order valence-corrected chi connectivity index (χ0v) is 20.7. The second-order valence-corrected chi connectivity index (χ2v) is 7.53. The third kappa shape index (κ3) is 7.50. The predicted molar refractivity (Wildman–Crippen MR) is 140 cm³/mol. The molecule has 0 aliphatic heterocycles. The first-order valence-electron chi connectivity index (χ1n) is 11.4. The van der Waals surface area contributed by atoms with Crippen LogP contribution in [-0.4, -0.2) is 39.2 Å².